The Morgan fingerprint density at radius 1 is 1.53 bits per heavy atom. The van der Waals surface area contributed by atoms with Gasteiger partial charge in [0.1, 0.15) is 12.0 Å². The summed E-state index contributed by atoms with van der Waals surface area (Å²) in [6.45, 7) is 2.03. The van der Waals surface area contributed by atoms with Crippen molar-refractivity contribution in [1.82, 2.24) is 5.32 Å². The van der Waals surface area contributed by atoms with E-state index >= 15 is 0 Å². The second kappa shape index (κ2) is 4.21. The van der Waals surface area contributed by atoms with Crippen LogP contribution in [0.5, 0.6) is 0 Å². The zero-order valence-corrected chi connectivity index (χ0v) is 9.36. The van der Waals surface area contributed by atoms with Crippen LogP contribution >= 0.6 is 0 Å². The van der Waals surface area contributed by atoms with Gasteiger partial charge in [-0.2, -0.15) is 0 Å². The lowest BCUT2D eigenvalue weighted by molar-refractivity contribution is -0.144. The van der Waals surface area contributed by atoms with Gasteiger partial charge in [0.15, 0.2) is 5.54 Å². The summed E-state index contributed by atoms with van der Waals surface area (Å²) in [5, 5.41) is 11.6. The second-order valence-electron chi connectivity index (χ2n) is 4.09. The van der Waals surface area contributed by atoms with Crippen molar-refractivity contribution in [2.75, 3.05) is 13.2 Å². The van der Waals surface area contributed by atoms with E-state index in [9.17, 15) is 9.59 Å². The number of hydrogen-bond donors (Lipinski definition) is 2. The molecule has 1 aliphatic rings. The number of ether oxygens (including phenoxy) is 1. The Bertz CT molecular complexity index is 444. The lowest BCUT2D eigenvalue weighted by atomic mass is 9.98. The maximum Gasteiger partial charge on any atom is 0.331 e. The number of amides is 1. The molecule has 1 fully saturated rings. The number of aryl methyl sites for hydroxylation is 1. The monoisotopic (exact) mass is 239 g/mol. The highest BCUT2D eigenvalue weighted by atomic mass is 16.5. The Labute approximate surface area is 97.6 Å². The number of carbonyl (C=O) groups is 2. The van der Waals surface area contributed by atoms with Crippen LogP contribution < -0.4 is 5.32 Å². The van der Waals surface area contributed by atoms with E-state index in [1.807, 2.05) is 0 Å². The minimum absolute atomic E-state index is 0.00902. The second-order valence-corrected chi connectivity index (χ2v) is 4.09. The zero-order chi connectivity index (χ0) is 12.5. The first-order chi connectivity index (χ1) is 8.03. The topological polar surface area (TPSA) is 88.8 Å². The number of carbonyl (C=O) groups excluding carboxylic acids is 1. The van der Waals surface area contributed by atoms with Gasteiger partial charge in [0.05, 0.1) is 12.2 Å². The molecule has 0 bridgehead atoms. The molecule has 0 saturated carbocycles. The van der Waals surface area contributed by atoms with Gasteiger partial charge in [0.25, 0.3) is 5.91 Å². The molecule has 0 aromatic carbocycles. The van der Waals surface area contributed by atoms with Crippen molar-refractivity contribution in [3.8, 4) is 0 Å². The fourth-order valence-electron chi connectivity index (χ4n) is 1.74. The van der Waals surface area contributed by atoms with Crippen LogP contribution in [0.2, 0.25) is 0 Å². The van der Waals surface area contributed by atoms with E-state index in [1.54, 1.807) is 13.0 Å². The van der Waals surface area contributed by atoms with Gasteiger partial charge in [0, 0.05) is 13.0 Å². The van der Waals surface area contributed by atoms with Gasteiger partial charge in [-0.1, -0.05) is 0 Å². The van der Waals surface area contributed by atoms with E-state index in [-0.39, 0.29) is 13.0 Å². The maximum atomic E-state index is 11.8. The van der Waals surface area contributed by atoms with E-state index < -0.39 is 17.4 Å². The lowest BCUT2D eigenvalue weighted by Gasteiger charge is -2.23. The summed E-state index contributed by atoms with van der Waals surface area (Å²) >= 11 is 0. The molecule has 1 atom stereocenters. The first-order valence-electron chi connectivity index (χ1n) is 5.22. The Morgan fingerprint density at radius 3 is 2.76 bits per heavy atom. The van der Waals surface area contributed by atoms with Crippen molar-refractivity contribution in [2.24, 2.45) is 0 Å². The van der Waals surface area contributed by atoms with E-state index in [1.165, 1.54) is 6.26 Å². The Morgan fingerprint density at radius 2 is 2.29 bits per heavy atom. The van der Waals surface area contributed by atoms with Crippen LogP contribution in [0.3, 0.4) is 0 Å². The smallest absolute Gasteiger partial charge is 0.331 e. The lowest BCUT2D eigenvalue weighted by Crippen LogP contribution is -2.55. The average molecular weight is 239 g/mol. The van der Waals surface area contributed by atoms with E-state index in [0.717, 1.165) is 0 Å². The molecule has 1 unspecified atom stereocenters. The Balaban J connectivity index is 2.14. The number of aliphatic carboxylic acids is 1. The van der Waals surface area contributed by atoms with E-state index in [4.69, 9.17) is 14.3 Å². The first-order valence-corrected chi connectivity index (χ1v) is 5.22. The standard InChI is InChI=1S/C11H13NO5/c1-7-4-8(5-17-7)9(13)12-11(10(14)15)2-3-16-6-11/h4-5H,2-3,6H2,1H3,(H,12,13)(H,14,15). The predicted molar refractivity (Wildman–Crippen MR) is 56.7 cm³/mol. The summed E-state index contributed by atoms with van der Waals surface area (Å²) < 4.78 is 10.0. The van der Waals surface area contributed by atoms with Crippen molar-refractivity contribution in [3.05, 3.63) is 23.7 Å². The highest BCUT2D eigenvalue weighted by Gasteiger charge is 2.44. The molecule has 6 nitrogen and oxygen atoms in total. The molecule has 2 heterocycles. The van der Waals surface area contributed by atoms with Gasteiger partial charge in [-0.25, -0.2) is 4.79 Å². The normalized spacial score (nSPS) is 23.6. The molecule has 0 aliphatic carbocycles. The number of carboxylic acids is 1. The van der Waals surface area contributed by atoms with Crippen molar-refractivity contribution in [1.29, 1.82) is 0 Å². The van der Waals surface area contributed by atoms with E-state index in [0.29, 0.717) is 17.9 Å². The van der Waals surface area contributed by atoms with Gasteiger partial charge < -0.3 is 19.6 Å². The SMILES string of the molecule is Cc1cc(C(=O)NC2(C(=O)O)CCOC2)co1. The van der Waals surface area contributed by atoms with Gasteiger partial charge in [-0.3, -0.25) is 4.79 Å². The summed E-state index contributed by atoms with van der Waals surface area (Å²) in [7, 11) is 0. The average Bonchev–Trinajstić information content (AvgIpc) is 2.87. The van der Waals surface area contributed by atoms with Crippen molar-refractivity contribution >= 4 is 11.9 Å². The van der Waals surface area contributed by atoms with Crippen LogP contribution in [0.1, 0.15) is 22.5 Å². The van der Waals surface area contributed by atoms with Crippen LogP contribution in [0.25, 0.3) is 0 Å². The maximum absolute atomic E-state index is 11.8. The minimum Gasteiger partial charge on any atom is -0.479 e. The van der Waals surface area contributed by atoms with Crippen LogP contribution in [0.4, 0.5) is 0 Å². The molecule has 6 heteroatoms. The van der Waals surface area contributed by atoms with Gasteiger partial charge in [-0.15, -0.1) is 0 Å². The summed E-state index contributed by atoms with van der Waals surface area (Å²) in [5.74, 6) is -0.944. The summed E-state index contributed by atoms with van der Waals surface area (Å²) in [6.07, 6.45) is 1.57. The quantitative estimate of drug-likeness (QED) is 0.804. The summed E-state index contributed by atoms with van der Waals surface area (Å²) in [6, 6.07) is 1.56. The predicted octanol–water partition coefficient (Wildman–Crippen LogP) is 0.562. The molecule has 17 heavy (non-hydrogen) atoms. The van der Waals surface area contributed by atoms with Crippen molar-refractivity contribution < 1.29 is 23.8 Å². The molecular weight excluding hydrogens is 226 g/mol. The molecule has 0 spiro atoms. The molecule has 2 rings (SSSR count). The van der Waals surface area contributed by atoms with E-state index in [2.05, 4.69) is 5.32 Å². The largest absolute Gasteiger partial charge is 0.479 e. The minimum atomic E-state index is -1.32. The molecule has 1 aliphatic heterocycles. The fraction of sp³-hybridized carbons (Fsp3) is 0.455. The van der Waals surface area contributed by atoms with Gasteiger partial charge >= 0.3 is 5.97 Å². The van der Waals surface area contributed by atoms with Crippen LogP contribution in [-0.2, 0) is 9.53 Å². The number of furan rings is 1. The van der Waals surface area contributed by atoms with Gasteiger partial charge in [-0.05, 0) is 13.0 Å². The molecule has 2 N–H and O–H groups in total. The summed E-state index contributed by atoms with van der Waals surface area (Å²) in [5.41, 5.74) is -1.00. The van der Waals surface area contributed by atoms with Crippen LogP contribution in [0.15, 0.2) is 16.7 Å². The molecule has 92 valence electrons. The van der Waals surface area contributed by atoms with Crippen LogP contribution in [0, 0.1) is 6.92 Å². The first kappa shape index (κ1) is 11.7. The highest BCUT2D eigenvalue weighted by Crippen LogP contribution is 2.20. The molecule has 1 saturated heterocycles. The molecule has 1 aromatic rings. The Kier molecular flexibility index (Phi) is 2.89. The Hall–Kier alpha value is -1.82. The fourth-order valence-corrected chi connectivity index (χ4v) is 1.74. The number of rotatable bonds is 3. The highest BCUT2D eigenvalue weighted by molar-refractivity contribution is 5.97. The number of carboxylic acid groups (broad SMARTS) is 1. The molecular formula is C11H13NO5. The molecule has 1 amide bonds. The van der Waals surface area contributed by atoms with Crippen LogP contribution in [-0.4, -0.2) is 35.7 Å². The third kappa shape index (κ3) is 2.16. The number of nitrogens with one attached hydrogen (secondary N) is 1. The van der Waals surface area contributed by atoms with Crippen molar-refractivity contribution in [2.45, 2.75) is 18.9 Å². The molecule has 0 radical (unpaired) electrons. The van der Waals surface area contributed by atoms with Gasteiger partial charge in [0.2, 0.25) is 0 Å². The summed E-state index contributed by atoms with van der Waals surface area (Å²) in [4.78, 5) is 23.0. The zero-order valence-electron chi connectivity index (χ0n) is 9.36. The third-order valence-corrected chi connectivity index (χ3v) is 2.78. The molecule has 1 aromatic heterocycles. The third-order valence-electron chi connectivity index (χ3n) is 2.78. The van der Waals surface area contributed by atoms with Crippen molar-refractivity contribution in [3.63, 3.8) is 0 Å². The number of hydrogen-bond acceptors (Lipinski definition) is 4.